The molecule has 1 fully saturated rings. The number of rotatable bonds is 10. The smallest absolute Gasteiger partial charge is 0.323 e. The van der Waals surface area contributed by atoms with Gasteiger partial charge in [0.1, 0.15) is 0 Å². The molecule has 1 N–H and O–H groups in total. The summed E-state index contributed by atoms with van der Waals surface area (Å²) in [6.45, 7) is 3.06. The Hall–Kier alpha value is -1.93. The molecule has 2 rings (SSSR count). The monoisotopic (exact) mass is 406 g/mol. The van der Waals surface area contributed by atoms with E-state index in [0.29, 0.717) is 26.2 Å². The molecule has 0 radical (unpaired) electrons. The zero-order chi connectivity index (χ0) is 21.1. The van der Waals surface area contributed by atoms with Crippen molar-refractivity contribution >= 4 is 11.7 Å². The Labute approximate surface area is 173 Å². The summed E-state index contributed by atoms with van der Waals surface area (Å²) in [7, 11) is 5.22. The average Bonchev–Trinajstić information content (AvgIpc) is 2.77. The summed E-state index contributed by atoms with van der Waals surface area (Å²) >= 11 is 0. The van der Waals surface area contributed by atoms with Crippen molar-refractivity contribution < 1.29 is 24.1 Å². The maximum atomic E-state index is 12.4. The van der Waals surface area contributed by atoms with E-state index in [2.05, 4.69) is 6.08 Å². The summed E-state index contributed by atoms with van der Waals surface area (Å²) in [6, 6.07) is 7.65. The Bertz CT molecular complexity index is 641. The Morgan fingerprint density at radius 1 is 1.24 bits per heavy atom. The van der Waals surface area contributed by atoms with Gasteiger partial charge in [0.15, 0.2) is 0 Å². The van der Waals surface area contributed by atoms with Gasteiger partial charge in [0.2, 0.25) is 0 Å². The minimum Gasteiger partial charge on any atom is -0.396 e. The molecule has 0 spiro atoms. The molecule has 1 aromatic rings. The van der Waals surface area contributed by atoms with Gasteiger partial charge >= 0.3 is 6.03 Å². The van der Waals surface area contributed by atoms with Crippen molar-refractivity contribution in [3.8, 4) is 0 Å². The number of aliphatic hydroxyl groups excluding tert-OH is 1. The van der Waals surface area contributed by atoms with E-state index >= 15 is 0 Å². The number of hydrogen-bond donors (Lipinski definition) is 1. The normalized spacial score (nSPS) is 16.1. The molecule has 1 saturated heterocycles. The van der Waals surface area contributed by atoms with Gasteiger partial charge in [-0.25, -0.2) is 4.79 Å². The predicted octanol–water partition coefficient (Wildman–Crippen LogP) is 2.83. The summed E-state index contributed by atoms with van der Waals surface area (Å²) in [5.74, 6) is 0. The summed E-state index contributed by atoms with van der Waals surface area (Å²) < 4.78 is 16.8. The lowest BCUT2D eigenvalue weighted by Gasteiger charge is -2.33. The van der Waals surface area contributed by atoms with Crippen molar-refractivity contribution in [2.45, 2.75) is 31.5 Å². The molecule has 162 valence electrons. The van der Waals surface area contributed by atoms with E-state index in [9.17, 15) is 4.79 Å². The van der Waals surface area contributed by atoms with Gasteiger partial charge in [0, 0.05) is 66.1 Å². The fourth-order valence-corrected chi connectivity index (χ4v) is 3.25. The van der Waals surface area contributed by atoms with Crippen LogP contribution in [0.2, 0.25) is 0 Å². The molecule has 29 heavy (non-hydrogen) atoms. The second-order valence-corrected chi connectivity index (χ2v) is 7.31. The third-order valence-electron chi connectivity index (χ3n) is 5.24. The highest BCUT2D eigenvalue weighted by Gasteiger charge is 2.29. The Kier molecular flexibility index (Phi) is 9.60. The number of urea groups is 1. The highest BCUT2D eigenvalue weighted by Crippen LogP contribution is 2.25. The van der Waals surface area contributed by atoms with Crippen LogP contribution in [0.3, 0.4) is 0 Å². The number of benzene rings is 1. The van der Waals surface area contributed by atoms with Gasteiger partial charge in [-0.3, -0.25) is 4.90 Å². The van der Waals surface area contributed by atoms with E-state index in [1.54, 1.807) is 31.0 Å². The fraction of sp³-hybridized carbons (Fsp3) is 0.591. The fourth-order valence-electron chi connectivity index (χ4n) is 3.25. The highest BCUT2D eigenvalue weighted by molar-refractivity contribution is 5.91. The number of nitrogens with zero attached hydrogens (tertiary/aromatic N) is 2. The first-order valence-corrected chi connectivity index (χ1v) is 10.1. The number of hydrogen-bond acceptors (Lipinski definition) is 5. The van der Waals surface area contributed by atoms with Crippen molar-refractivity contribution in [1.29, 1.82) is 0 Å². The van der Waals surface area contributed by atoms with Crippen LogP contribution < -0.4 is 4.90 Å². The molecule has 1 aromatic carbocycles. The second kappa shape index (κ2) is 11.9. The van der Waals surface area contributed by atoms with E-state index in [-0.39, 0.29) is 18.2 Å². The number of carbonyl (C=O) groups excluding carboxylic acids is 1. The molecule has 0 atom stereocenters. The number of carbonyl (C=O) groups is 1. The van der Waals surface area contributed by atoms with Crippen molar-refractivity contribution in [3.63, 3.8) is 0 Å². The first-order chi connectivity index (χ1) is 14.0. The van der Waals surface area contributed by atoms with Crippen molar-refractivity contribution in [2.24, 2.45) is 0 Å². The third-order valence-corrected chi connectivity index (χ3v) is 5.24. The largest absolute Gasteiger partial charge is 0.396 e. The van der Waals surface area contributed by atoms with Crippen LogP contribution in [0.5, 0.6) is 0 Å². The van der Waals surface area contributed by atoms with Crippen LogP contribution in [0.15, 0.2) is 36.4 Å². The van der Waals surface area contributed by atoms with Crippen LogP contribution in [0.25, 0.3) is 0 Å². The first kappa shape index (κ1) is 23.3. The Morgan fingerprint density at radius 3 is 2.55 bits per heavy atom. The zero-order valence-corrected chi connectivity index (χ0v) is 17.8. The maximum absolute atomic E-state index is 12.4. The van der Waals surface area contributed by atoms with Crippen LogP contribution in [-0.4, -0.2) is 75.8 Å². The minimum absolute atomic E-state index is 0.0755. The Balaban J connectivity index is 1.78. The number of anilines is 1. The van der Waals surface area contributed by atoms with Crippen LogP contribution in [0, 0.1) is 0 Å². The summed E-state index contributed by atoms with van der Waals surface area (Å²) in [5.41, 5.74) is 1.63. The number of amides is 2. The molecule has 7 nitrogen and oxygen atoms in total. The number of ether oxygens (including phenoxy) is 3. The third kappa shape index (κ3) is 7.12. The molecule has 1 aliphatic heterocycles. The van der Waals surface area contributed by atoms with Crippen LogP contribution in [-0.2, 0) is 20.8 Å². The molecule has 0 bridgehead atoms. The minimum atomic E-state index is -0.231. The average molecular weight is 407 g/mol. The molecule has 7 heteroatoms. The Morgan fingerprint density at radius 2 is 1.93 bits per heavy atom. The van der Waals surface area contributed by atoms with Gasteiger partial charge < -0.3 is 24.2 Å². The SMILES string of the molecule is COC1(/C=C/COCc2ccc(N(C)C(=O)N(C)CCCO)cc2)CCOCC1. The number of aliphatic hydroxyl groups is 1. The van der Waals surface area contributed by atoms with Crippen LogP contribution in [0.1, 0.15) is 24.8 Å². The lowest BCUT2D eigenvalue weighted by atomic mass is 9.93. The molecule has 0 saturated carbocycles. The van der Waals surface area contributed by atoms with E-state index in [1.807, 2.05) is 30.3 Å². The molecule has 1 heterocycles. The molecular formula is C22H34N2O5. The standard InChI is InChI=1S/C22H34N2O5/c1-23(13-5-14-25)21(26)24(2)20-8-6-19(7-9-20)18-29-15-4-10-22(27-3)11-16-28-17-12-22/h4,6-10,25H,5,11-18H2,1-3H3/b10-4+. The van der Waals surface area contributed by atoms with E-state index in [0.717, 1.165) is 37.3 Å². The molecule has 0 unspecified atom stereocenters. The first-order valence-electron chi connectivity index (χ1n) is 10.1. The van der Waals surface area contributed by atoms with Gasteiger partial charge in [-0.1, -0.05) is 24.3 Å². The molecular weight excluding hydrogens is 372 g/mol. The van der Waals surface area contributed by atoms with Crippen molar-refractivity contribution in [3.05, 3.63) is 42.0 Å². The van der Waals surface area contributed by atoms with Gasteiger partial charge in [0.25, 0.3) is 0 Å². The molecule has 0 aliphatic carbocycles. The van der Waals surface area contributed by atoms with E-state index < -0.39 is 0 Å². The topological polar surface area (TPSA) is 71.5 Å². The van der Waals surface area contributed by atoms with Gasteiger partial charge in [0.05, 0.1) is 18.8 Å². The molecule has 1 aliphatic rings. The molecule has 0 aromatic heterocycles. The zero-order valence-electron chi connectivity index (χ0n) is 17.8. The number of methoxy groups -OCH3 is 1. The lowest BCUT2D eigenvalue weighted by Crippen LogP contribution is -2.39. The van der Waals surface area contributed by atoms with Crippen molar-refractivity contribution in [1.82, 2.24) is 4.90 Å². The quantitative estimate of drug-likeness (QED) is 0.478. The highest BCUT2D eigenvalue weighted by atomic mass is 16.5. The van der Waals surface area contributed by atoms with Crippen LogP contribution in [0.4, 0.5) is 10.5 Å². The van der Waals surface area contributed by atoms with E-state index in [1.165, 1.54) is 0 Å². The summed E-state index contributed by atoms with van der Waals surface area (Å²) in [6.07, 6.45) is 6.40. The van der Waals surface area contributed by atoms with E-state index in [4.69, 9.17) is 19.3 Å². The lowest BCUT2D eigenvalue weighted by molar-refractivity contribution is -0.0589. The molecule has 2 amide bonds. The second-order valence-electron chi connectivity index (χ2n) is 7.31. The maximum Gasteiger partial charge on any atom is 0.323 e. The summed E-state index contributed by atoms with van der Waals surface area (Å²) in [5, 5.41) is 8.90. The van der Waals surface area contributed by atoms with Gasteiger partial charge in [-0.15, -0.1) is 0 Å². The summed E-state index contributed by atoms with van der Waals surface area (Å²) in [4.78, 5) is 15.6. The van der Waals surface area contributed by atoms with Gasteiger partial charge in [-0.2, -0.15) is 0 Å². The van der Waals surface area contributed by atoms with Gasteiger partial charge in [-0.05, 0) is 24.1 Å². The van der Waals surface area contributed by atoms with Crippen LogP contribution >= 0.6 is 0 Å². The predicted molar refractivity (Wildman–Crippen MR) is 113 cm³/mol. The van der Waals surface area contributed by atoms with Crippen molar-refractivity contribution in [2.75, 3.05) is 59.1 Å².